The van der Waals surface area contributed by atoms with Crippen molar-refractivity contribution in [2.24, 2.45) is 0 Å². The topological polar surface area (TPSA) is 419 Å². The number of rotatable bonds is 21. The largest absolute Gasteiger partial charge is 0.573 e. The minimum absolute atomic E-state index is 0.00477. The van der Waals surface area contributed by atoms with Crippen molar-refractivity contribution in [3.63, 3.8) is 0 Å². The highest BCUT2D eigenvalue weighted by molar-refractivity contribution is 5.81. The lowest BCUT2D eigenvalue weighted by Crippen LogP contribution is -2.17. The number of para-hydroxylation sites is 8. The summed E-state index contributed by atoms with van der Waals surface area (Å²) in [5, 5.41) is 11.2. The van der Waals surface area contributed by atoms with Crippen molar-refractivity contribution in [1.82, 2.24) is 103 Å². The van der Waals surface area contributed by atoms with E-state index in [1.807, 2.05) is 0 Å². The van der Waals surface area contributed by atoms with Gasteiger partial charge in [-0.05, 0) is 127 Å². The Labute approximate surface area is 654 Å². The molecule has 32 nitrogen and oxygen atoms in total. The van der Waals surface area contributed by atoms with Crippen LogP contribution in [0.2, 0.25) is 0 Å². The van der Waals surface area contributed by atoms with Crippen LogP contribution in [-0.2, 0) is 19.5 Å². The number of aromatic nitrogens is 21. The van der Waals surface area contributed by atoms with Gasteiger partial charge in [0, 0.05) is 23.1 Å². The smallest absolute Gasteiger partial charge is 0.435 e. The third kappa shape index (κ3) is 19.9. The minimum Gasteiger partial charge on any atom is -0.435 e. The van der Waals surface area contributed by atoms with Crippen LogP contribution in [0, 0.1) is 0 Å². The number of ether oxygens (including phenoxy) is 3. The highest BCUT2D eigenvalue weighted by Gasteiger charge is 2.32. The molecule has 7 aromatic carbocycles. The van der Waals surface area contributed by atoms with E-state index in [1.54, 1.807) is 97.1 Å². The van der Waals surface area contributed by atoms with Crippen LogP contribution >= 0.6 is 0 Å². The first kappa shape index (κ1) is 81.3. The molecule has 48 heteroatoms. The summed E-state index contributed by atoms with van der Waals surface area (Å²) < 4.78 is 222. The Bertz CT molecular complexity index is 6230. The molecule has 12 N–H and O–H groups in total. The van der Waals surface area contributed by atoms with Gasteiger partial charge in [-0.3, -0.25) is 18.3 Å². The van der Waals surface area contributed by atoms with Crippen LogP contribution in [0.1, 0.15) is 41.7 Å². The predicted octanol–water partition coefficient (Wildman–Crippen LogP) is 15.5. The normalized spacial score (nSPS) is 11.5. The summed E-state index contributed by atoms with van der Waals surface area (Å²) in [6.07, 6.45) is -13.9. The second-order valence-electron chi connectivity index (χ2n) is 23.7. The summed E-state index contributed by atoms with van der Waals surface area (Å²) in [7, 11) is 0. The first-order valence-corrected chi connectivity index (χ1v) is 33.7. The Morgan fingerprint density at radius 2 is 0.655 bits per heavy atom. The van der Waals surface area contributed by atoms with Gasteiger partial charge in [0.2, 0.25) is 77.3 Å². The Kier molecular flexibility index (Phi) is 23.9. The van der Waals surface area contributed by atoms with Gasteiger partial charge in [0.15, 0.2) is 11.6 Å². The second-order valence-corrected chi connectivity index (χ2v) is 23.7. The average molecular weight is 1660 g/mol. The van der Waals surface area contributed by atoms with Crippen molar-refractivity contribution in [3.05, 3.63) is 217 Å². The number of hydrogen-bond donors (Lipinski definition) is 8. The molecule has 0 atom stereocenters. The van der Waals surface area contributed by atoms with Gasteiger partial charge in [0.05, 0.1) is 61.6 Å². The van der Waals surface area contributed by atoms with E-state index in [0.717, 1.165) is 33.4 Å². The number of hydrogen-bond acceptors (Lipinski definition) is 28. The summed E-state index contributed by atoms with van der Waals surface area (Å²) >= 11 is 0. The van der Waals surface area contributed by atoms with Crippen molar-refractivity contribution in [2.75, 3.05) is 44.2 Å². The number of imidazole rings is 4. The van der Waals surface area contributed by atoms with Crippen LogP contribution in [0.5, 0.6) is 17.4 Å². The SMILES string of the molecule is Nc1nc(Nc2ccc(C(F)(F)F)cc2)nc(-n2c(CF)nc3ccccc32)n1.Nc1nc(Nc2ccc(OC(F)(F)F)cc2)nc(-n2c(C(F)F)nc3ccccc32)n1.Nc1nc(Nc2ccc(OC(F)F)cc2)nc(-n2c(CF)nc3ccccc32)n1.Nc1nc(Nc2ccc(OC(F)F)nc2)nc(-n2c(C(F)F)nc3ccccc32)n1. The Morgan fingerprint density at radius 3 is 0.983 bits per heavy atom. The van der Waals surface area contributed by atoms with E-state index in [0.29, 0.717) is 66.9 Å². The number of nitrogen functional groups attached to an aromatic ring is 4. The first-order chi connectivity index (χ1) is 57.0. The standard InChI is InChI=1S/C18H12F5N7O.C18H13F4N7.C18H14F3N7O.C17H12F4N8O/c19-13(20)14-26-11-3-1-2-4-12(11)30(14)17-28-15(24)27-16(29-17)25-9-5-7-10(8-6-9)31-18(21,22)23;19-9-14-25-12-3-1-2-4-13(12)29(14)17-27-15(23)26-16(28-17)24-11-7-5-10(6-8-11)18(20,21)22;19-9-14-24-12-3-1-2-4-13(12)28(14)18-26-16(22)25-17(27-18)23-10-5-7-11(8-6-10)29-15(20)21;18-12(19)13-25-9-3-1-2-4-10(9)29(13)17-27-15(22)26-16(28-17)24-8-5-6-11(23-7-8)30-14(20)21/h1-8,13H,(H3,24,25,27,28,29);1-8H,9H2,(H3,23,24,26,27,28);1-8,15H,9H2,(H3,22,23,25,26,27);1-7,12,14H,(H3,22,24,26,27,28). The maximum absolute atomic E-state index is 13.6. The third-order valence-corrected chi connectivity index (χ3v) is 15.8. The molecule has 0 saturated carbocycles. The van der Waals surface area contributed by atoms with Crippen LogP contribution in [0.4, 0.5) is 141 Å². The molecular weight excluding hydrogens is 1610 g/mol. The number of alkyl halides is 16. The molecular formula is C71H51F16N29O3. The summed E-state index contributed by atoms with van der Waals surface area (Å²) in [4.78, 5) is 68.5. The maximum atomic E-state index is 13.6. The van der Waals surface area contributed by atoms with Gasteiger partial charge in [-0.15, -0.1) is 13.2 Å². The highest BCUT2D eigenvalue weighted by Crippen LogP contribution is 2.34. The van der Waals surface area contributed by atoms with Gasteiger partial charge in [-0.25, -0.2) is 51.3 Å². The zero-order valence-electron chi connectivity index (χ0n) is 59.6. The monoisotopic (exact) mass is 1660 g/mol. The van der Waals surface area contributed by atoms with Crippen molar-refractivity contribution >= 4 is 114 Å². The quantitative estimate of drug-likeness (QED) is 0.0310. The van der Waals surface area contributed by atoms with Gasteiger partial charge in [-0.1, -0.05) is 48.5 Å². The van der Waals surface area contributed by atoms with Crippen LogP contribution < -0.4 is 58.4 Å². The van der Waals surface area contributed by atoms with E-state index in [9.17, 15) is 70.2 Å². The van der Waals surface area contributed by atoms with Crippen molar-refractivity contribution in [3.8, 4) is 41.2 Å². The number of benzene rings is 7. The second kappa shape index (κ2) is 34.9. The van der Waals surface area contributed by atoms with E-state index in [-0.39, 0.29) is 94.7 Å². The van der Waals surface area contributed by atoms with Gasteiger partial charge in [0.25, 0.3) is 12.9 Å². The average Bonchev–Trinajstić information content (AvgIpc) is 1.69. The lowest BCUT2D eigenvalue weighted by molar-refractivity contribution is -0.274. The molecule has 0 amide bonds. The summed E-state index contributed by atoms with van der Waals surface area (Å²) in [5.41, 5.74) is 27.3. The molecule has 0 fully saturated rings. The van der Waals surface area contributed by atoms with E-state index < -0.39 is 74.9 Å². The predicted molar refractivity (Wildman–Crippen MR) is 397 cm³/mol. The molecule has 0 aliphatic carbocycles. The number of nitrogens with two attached hydrogens (primary N) is 4. The molecule has 0 radical (unpaired) electrons. The molecule has 0 bridgehead atoms. The Hall–Kier alpha value is -15.7. The number of nitrogens with one attached hydrogen (secondary N) is 4. The molecule has 9 aromatic heterocycles. The van der Waals surface area contributed by atoms with E-state index in [2.05, 4.69) is 120 Å². The maximum Gasteiger partial charge on any atom is 0.573 e. The highest BCUT2D eigenvalue weighted by atomic mass is 19.4. The fraction of sp³-hybridized carbons (Fsp3) is 0.113. The van der Waals surface area contributed by atoms with Gasteiger partial charge < -0.3 is 58.4 Å². The van der Waals surface area contributed by atoms with Crippen LogP contribution in [0.25, 0.3) is 67.9 Å². The molecule has 16 rings (SSSR count). The molecule has 119 heavy (non-hydrogen) atoms. The molecule has 610 valence electrons. The van der Waals surface area contributed by atoms with Crippen LogP contribution in [-0.4, -0.2) is 123 Å². The lowest BCUT2D eigenvalue weighted by Gasteiger charge is -2.11. The number of halogens is 16. The van der Waals surface area contributed by atoms with Gasteiger partial charge in [-0.2, -0.15) is 90.5 Å². The molecule has 0 aliphatic heterocycles. The Morgan fingerprint density at radius 1 is 0.336 bits per heavy atom. The summed E-state index contributed by atoms with van der Waals surface area (Å²) in [6, 6.07) is 44.4. The summed E-state index contributed by atoms with van der Waals surface area (Å²) in [6.45, 7) is -7.60. The fourth-order valence-corrected chi connectivity index (χ4v) is 11.1. The van der Waals surface area contributed by atoms with Crippen LogP contribution in [0.3, 0.4) is 0 Å². The molecule has 16 aromatic rings. The lowest BCUT2D eigenvalue weighted by atomic mass is 10.2. The van der Waals surface area contributed by atoms with Crippen molar-refractivity contribution in [2.45, 2.75) is 52.0 Å². The van der Waals surface area contributed by atoms with E-state index in [4.69, 9.17) is 22.9 Å². The summed E-state index contributed by atoms with van der Waals surface area (Å²) in [5.74, 6) is -2.65. The molecule has 0 unspecified atom stereocenters. The number of fused-ring (bicyclic) bond motifs is 4. The molecule has 9 heterocycles. The number of pyridine rings is 1. The van der Waals surface area contributed by atoms with Gasteiger partial charge >= 0.3 is 25.8 Å². The van der Waals surface area contributed by atoms with Crippen LogP contribution in [0.15, 0.2) is 188 Å². The van der Waals surface area contributed by atoms with Crippen molar-refractivity contribution < 1.29 is 84.5 Å². The number of nitrogens with zero attached hydrogens (tertiary/aromatic N) is 21. The Balaban J connectivity index is 0.000000137. The zero-order valence-corrected chi connectivity index (χ0v) is 59.6. The molecule has 0 saturated heterocycles. The van der Waals surface area contributed by atoms with E-state index >= 15 is 0 Å². The van der Waals surface area contributed by atoms with Gasteiger partial charge in [0.1, 0.15) is 36.5 Å². The fourth-order valence-electron chi connectivity index (χ4n) is 11.1. The first-order valence-electron chi connectivity index (χ1n) is 33.7. The molecule has 0 spiro atoms. The minimum atomic E-state index is -4.82. The van der Waals surface area contributed by atoms with E-state index in [1.165, 1.54) is 76.0 Å². The molecule has 0 aliphatic rings. The third-order valence-electron chi connectivity index (χ3n) is 15.8. The zero-order chi connectivity index (χ0) is 84.4. The number of anilines is 12. The van der Waals surface area contributed by atoms with Crippen molar-refractivity contribution in [1.29, 1.82) is 0 Å².